The Hall–Kier alpha value is -0.570. The van der Waals surface area contributed by atoms with Crippen molar-refractivity contribution in [3.63, 3.8) is 0 Å². The molecule has 12 heavy (non-hydrogen) atoms. The Morgan fingerprint density at radius 1 is 1.58 bits per heavy atom. The number of rotatable bonds is 2. The minimum Gasteiger partial charge on any atom is -0.339 e. The summed E-state index contributed by atoms with van der Waals surface area (Å²) in [5.41, 5.74) is 5.76. The van der Waals surface area contributed by atoms with Gasteiger partial charge in [0.2, 0.25) is 5.91 Å². The molecule has 1 saturated carbocycles. The van der Waals surface area contributed by atoms with Crippen LogP contribution in [0.1, 0.15) is 26.2 Å². The quantitative estimate of drug-likeness (QED) is 0.646. The van der Waals surface area contributed by atoms with Gasteiger partial charge in [-0.05, 0) is 19.8 Å². The van der Waals surface area contributed by atoms with Gasteiger partial charge >= 0.3 is 0 Å². The summed E-state index contributed by atoms with van der Waals surface area (Å²) in [5.74, 6) is 0.720. The second-order valence-electron chi connectivity index (χ2n) is 4.10. The maximum Gasteiger partial charge on any atom is 0.223 e. The lowest BCUT2D eigenvalue weighted by molar-refractivity contribution is -0.128. The van der Waals surface area contributed by atoms with E-state index in [1.165, 1.54) is 12.8 Å². The molecule has 0 bridgehead atoms. The number of hydrogen-bond donors (Lipinski definition) is 1. The molecule has 2 rings (SSSR count). The molecular weight excluding hydrogens is 152 g/mol. The van der Waals surface area contributed by atoms with E-state index < -0.39 is 0 Å². The molecule has 1 heterocycles. The number of carbonyl (C=O) groups is 1. The molecule has 0 aromatic carbocycles. The van der Waals surface area contributed by atoms with Crippen molar-refractivity contribution in [1.29, 1.82) is 0 Å². The lowest BCUT2D eigenvalue weighted by Gasteiger charge is -2.16. The van der Waals surface area contributed by atoms with E-state index in [-0.39, 0.29) is 6.04 Å². The van der Waals surface area contributed by atoms with Crippen LogP contribution in [0.4, 0.5) is 0 Å². The Morgan fingerprint density at radius 2 is 2.25 bits per heavy atom. The Bertz CT molecular complexity index is 199. The second kappa shape index (κ2) is 2.73. The smallest absolute Gasteiger partial charge is 0.223 e. The average Bonchev–Trinajstić information content (AvgIpc) is 2.75. The van der Waals surface area contributed by atoms with Crippen LogP contribution in [-0.2, 0) is 4.79 Å². The zero-order valence-corrected chi connectivity index (χ0v) is 7.49. The Kier molecular flexibility index (Phi) is 1.83. The molecule has 3 heteroatoms. The maximum absolute atomic E-state index is 11.4. The summed E-state index contributed by atoms with van der Waals surface area (Å²) in [6, 6.07) is 0.735. The van der Waals surface area contributed by atoms with Crippen molar-refractivity contribution in [1.82, 2.24) is 4.90 Å². The lowest BCUT2D eigenvalue weighted by atomic mass is 10.0. The molecule has 1 amide bonds. The van der Waals surface area contributed by atoms with Crippen molar-refractivity contribution in [3.05, 3.63) is 0 Å². The molecule has 1 aliphatic heterocycles. The van der Waals surface area contributed by atoms with E-state index in [1.807, 2.05) is 11.8 Å². The third-order valence-corrected chi connectivity index (χ3v) is 2.92. The maximum atomic E-state index is 11.4. The van der Waals surface area contributed by atoms with Crippen molar-refractivity contribution in [2.45, 2.75) is 38.3 Å². The van der Waals surface area contributed by atoms with E-state index in [9.17, 15) is 4.79 Å². The number of likely N-dealkylation sites (tertiary alicyclic amines) is 1. The molecule has 0 aromatic heterocycles. The van der Waals surface area contributed by atoms with Crippen LogP contribution in [0.2, 0.25) is 0 Å². The Balaban J connectivity index is 1.97. The predicted octanol–water partition coefficient (Wildman–Crippen LogP) is 0.344. The third-order valence-electron chi connectivity index (χ3n) is 2.92. The zero-order valence-electron chi connectivity index (χ0n) is 7.49. The summed E-state index contributed by atoms with van der Waals surface area (Å²) in [6.45, 7) is 2.90. The van der Waals surface area contributed by atoms with Crippen molar-refractivity contribution in [2.24, 2.45) is 11.7 Å². The first-order valence-corrected chi connectivity index (χ1v) is 4.73. The van der Waals surface area contributed by atoms with Crippen LogP contribution in [0.25, 0.3) is 0 Å². The fraction of sp³-hybridized carbons (Fsp3) is 0.889. The van der Waals surface area contributed by atoms with Gasteiger partial charge in [-0.1, -0.05) is 0 Å². The van der Waals surface area contributed by atoms with Crippen molar-refractivity contribution in [3.8, 4) is 0 Å². The summed E-state index contributed by atoms with van der Waals surface area (Å²) in [6.07, 6.45) is 3.09. The van der Waals surface area contributed by atoms with Gasteiger partial charge < -0.3 is 10.6 Å². The van der Waals surface area contributed by atoms with Gasteiger partial charge in [0, 0.05) is 31.0 Å². The van der Waals surface area contributed by atoms with Gasteiger partial charge in [0.25, 0.3) is 0 Å². The van der Waals surface area contributed by atoms with Crippen LogP contribution >= 0.6 is 0 Å². The van der Waals surface area contributed by atoms with Gasteiger partial charge in [-0.15, -0.1) is 0 Å². The van der Waals surface area contributed by atoms with Crippen LogP contribution in [0.5, 0.6) is 0 Å². The molecule has 2 aliphatic rings. The topological polar surface area (TPSA) is 46.3 Å². The van der Waals surface area contributed by atoms with Crippen LogP contribution in [0.15, 0.2) is 0 Å². The Labute approximate surface area is 72.9 Å². The highest BCUT2D eigenvalue weighted by atomic mass is 16.2. The molecule has 2 fully saturated rings. The molecule has 3 nitrogen and oxygen atoms in total. The summed E-state index contributed by atoms with van der Waals surface area (Å²) in [5, 5.41) is 0. The molecular formula is C9H16N2O. The minimum atomic E-state index is 0.165. The normalized spacial score (nSPS) is 32.7. The predicted molar refractivity (Wildman–Crippen MR) is 46.5 cm³/mol. The van der Waals surface area contributed by atoms with Crippen molar-refractivity contribution < 1.29 is 4.79 Å². The summed E-state index contributed by atoms with van der Waals surface area (Å²) >= 11 is 0. The van der Waals surface area contributed by atoms with Gasteiger partial charge in [-0.3, -0.25) is 4.79 Å². The molecule has 2 atom stereocenters. The first kappa shape index (κ1) is 8.05. The van der Waals surface area contributed by atoms with E-state index >= 15 is 0 Å². The highest BCUT2D eigenvalue weighted by Crippen LogP contribution is 2.33. The average molecular weight is 168 g/mol. The molecule has 0 aromatic rings. The standard InChI is InChI=1S/C9H16N2O/c1-6(10)7-4-9(12)11(5-7)8-2-3-8/h6-8H,2-5,10H2,1H3. The van der Waals surface area contributed by atoms with E-state index in [0.29, 0.717) is 24.3 Å². The molecule has 0 radical (unpaired) electrons. The van der Waals surface area contributed by atoms with E-state index in [0.717, 1.165) is 6.54 Å². The number of nitrogens with two attached hydrogens (primary N) is 1. The number of nitrogens with zero attached hydrogens (tertiary/aromatic N) is 1. The van der Waals surface area contributed by atoms with Gasteiger partial charge in [-0.25, -0.2) is 0 Å². The molecule has 0 spiro atoms. The number of carbonyl (C=O) groups excluding carboxylic acids is 1. The van der Waals surface area contributed by atoms with Gasteiger partial charge in [-0.2, -0.15) is 0 Å². The molecule has 1 saturated heterocycles. The highest BCUT2D eigenvalue weighted by Gasteiger charge is 2.40. The van der Waals surface area contributed by atoms with Crippen LogP contribution in [0, 0.1) is 5.92 Å². The highest BCUT2D eigenvalue weighted by molar-refractivity contribution is 5.79. The molecule has 2 unspecified atom stereocenters. The van der Waals surface area contributed by atoms with E-state index in [4.69, 9.17) is 5.73 Å². The monoisotopic (exact) mass is 168 g/mol. The van der Waals surface area contributed by atoms with Crippen LogP contribution in [-0.4, -0.2) is 29.4 Å². The number of hydrogen-bond acceptors (Lipinski definition) is 2. The molecule has 2 N–H and O–H groups in total. The van der Waals surface area contributed by atoms with Crippen molar-refractivity contribution in [2.75, 3.05) is 6.54 Å². The van der Waals surface area contributed by atoms with Crippen molar-refractivity contribution >= 4 is 5.91 Å². The minimum absolute atomic E-state index is 0.165. The Morgan fingerprint density at radius 3 is 2.67 bits per heavy atom. The van der Waals surface area contributed by atoms with Crippen LogP contribution in [0.3, 0.4) is 0 Å². The van der Waals surface area contributed by atoms with E-state index in [2.05, 4.69) is 0 Å². The van der Waals surface area contributed by atoms with Gasteiger partial charge in [0.05, 0.1) is 0 Å². The fourth-order valence-electron chi connectivity index (χ4n) is 1.85. The third kappa shape index (κ3) is 1.33. The molecule has 1 aliphatic carbocycles. The first-order valence-electron chi connectivity index (χ1n) is 4.73. The summed E-state index contributed by atoms with van der Waals surface area (Å²) in [7, 11) is 0. The fourth-order valence-corrected chi connectivity index (χ4v) is 1.85. The zero-order chi connectivity index (χ0) is 8.72. The first-order chi connectivity index (χ1) is 5.68. The SMILES string of the molecule is CC(N)C1CC(=O)N(C2CC2)C1. The van der Waals surface area contributed by atoms with Gasteiger partial charge in [0.1, 0.15) is 0 Å². The van der Waals surface area contributed by atoms with Crippen LogP contribution < -0.4 is 5.73 Å². The van der Waals surface area contributed by atoms with E-state index in [1.54, 1.807) is 0 Å². The summed E-state index contributed by atoms with van der Waals surface area (Å²) in [4.78, 5) is 13.5. The molecule has 68 valence electrons. The largest absolute Gasteiger partial charge is 0.339 e. The number of amides is 1. The second-order valence-corrected chi connectivity index (χ2v) is 4.10. The lowest BCUT2D eigenvalue weighted by Crippen LogP contribution is -2.31. The summed E-state index contributed by atoms with van der Waals surface area (Å²) < 4.78 is 0. The van der Waals surface area contributed by atoms with Gasteiger partial charge in [0.15, 0.2) is 0 Å².